The van der Waals surface area contributed by atoms with Crippen molar-refractivity contribution in [1.82, 2.24) is 15.1 Å². The second-order valence-corrected chi connectivity index (χ2v) is 11.8. The normalized spacial score (nSPS) is 21.9. The minimum atomic E-state index is -0.781. The first kappa shape index (κ1) is 27.5. The zero-order chi connectivity index (χ0) is 28.7. The number of aliphatic hydroxyl groups is 1. The predicted octanol–water partition coefficient (Wildman–Crippen LogP) is 2.98. The summed E-state index contributed by atoms with van der Waals surface area (Å²) in [6.45, 7) is 7.43. The number of aryl methyl sites for hydroxylation is 2. The molecule has 1 atom stereocenters. The molecule has 1 amide bonds. The molecule has 0 unspecified atom stereocenters. The van der Waals surface area contributed by atoms with Gasteiger partial charge in [0.05, 0.1) is 5.57 Å². The van der Waals surface area contributed by atoms with Gasteiger partial charge < -0.3 is 30.3 Å². The summed E-state index contributed by atoms with van der Waals surface area (Å²) in [4.78, 5) is 35.4. The quantitative estimate of drug-likeness (QED) is 0.469. The van der Waals surface area contributed by atoms with Gasteiger partial charge in [-0.05, 0) is 81.7 Å². The lowest BCUT2D eigenvalue weighted by Crippen LogP contribution is -2.43. The van der Waals surface area contributed by atoms with Gasteiger partial charge in [-0.15, -0.1) is 0 Å². The van der Waals surface area contributed by atoms with Crippen molar-refractivity contribution < 1.29 is 19.4 Å². The number of Topliss-reactive ketones (excluding diaryl/α,β-unsaturated/α-hetero) is 1. The summed E-state index contributed by atoms with van der Waals surface area (Å²) in [5.74, 6) is 1.39. The lowest BCUT2D eigenvalue weighted by atomic mass is 9.99. The van der Waals surface area contributed by atoms with Gasteiger partial charge in [0.2, 0.25) is 0 Å². The smallest absolute Gasteiger partial charge is 0.254 e. The number of piperidine rings is 1. The minimum Gasteiger partial charge on any atom is -0.491 e. The molecule has 2 aromatic carbocycles. The van der Waals surface area contributed by atoms with Gasteiger partial charge in [0.15, 0.2) is 5.78 Å². The molecule has 0 aliphatic carbocycles. The van der Waals surface area contributed by atoms with Crippen molar-refractivity contribution in [2.75, 3.05) is 45.2 Å². The van der Waals surface area contributed by atoms with Crippen molar-refractivity contribution >= 4 is 23.2 Å². The zero-order valence-corrected chi connectivity index (χ0v) is 24.1. The molecule has 3 N–H and O–H groups in total. The van der Waals surface area contributed by atoms with Crippen LogP contribution in [0.5, 0.6) is 5.75 Å². The molecular weight excluding hydrogens is 518 g/mol. The van der Waals surface area contributed by atoms with E-state index in [-0.39, 0.29) is 30.9 Å². The summed E-state index contributed by atoms with van der Waals surface area (Å²) in [6.07, 6.45) is 2.12. The number of hydrogen-bond donors (Lipinski definition) is 3. The number of amidine groups is 1. The average Bonchev–Trinajstić information content (AvgIpc) is 3.50. The van der Waals surface area contributed by atoms with Crippen LogP contribution in [-0.2, 0) is 17.8 Å². The van der Waals surface area contributed by atoms with Gasteiger partial charge in [-0.2, -0.15) is 0 Å². The fraction of sp³-hybridized carbons (Fsp3) is 0.469. The molecule has 1 fully saturated rings. The van der Waals surface area contributed by atoms with Crippen LogP contribution >= 0.6 is 0 Å². The van der Waals surface area contributed by atoms with Gasteiger partial charge in [-0.3, -0.25) is 14.6 Å². The molecule has 0 radical (unpaired) electrons. The Morgan fingerprint density at radius 2 is 1.95 bits per heavy atom. The first-order valence-corrected chi connectivity index (χ1v) is 14.6. The summed E-state index contributed by atoms with van der Waals surface area (Å²) in [7, 11) is 2.13. The van der Waals surface area contributed by atoms with Crippen LogP contribution in [0.15, 0.2) is 46.6 Å². The van der Waals surface area contributed by atoms with Crippen LogP contribution in [0.3, 0.4) is 0 Å². The first-order valence-electron chi connectivity index (χ1n) is 14.6. The van der Waals surface area contributed by atoms with Gasteiger partial charge in [0.1, 0.15) is 24.3 Å². The number of carbonyl (C=O) groups is 2. The molecule has 9 nitrogen and oxygen atoms in total. The zero-order valence-electron chi connectivity index (χ0n) is 24.1. The SMILES string of the molecule is Cc1ccc(OC[C@H](O)CNC2=NCCC(=O)C2=C2Cc3cc4c(cc3N2)CN(C2CCN(C)CC2)C4=O)c(C)c1. The number of nitrogens with zero attached hydrogens (tertiary/aromatic N) is 3. The van der Waals surface area contributed by atoms with Crippen LogP contribution in [0.1, 0.15) is 51.9 Å². The Morgan fingerprint density at radius 3 is 2.73 bits per heavy atom. The molecule has 9 heteroatoms. The van der Waals surface area contributed by atoms with Gasteiger partial charge in [0.25, 0.3) is 5.91 Å². The Morgan fingerprint density at radius 1 is 1.15 bits per heavy atom. The highest BCUT2D eigenvalue weighted by Crippen LogP contribution is 2.37. The molecule has 0 bridgehead atoms. The van der Waals surface area contributed by atoms with Crippen molar-refractivity contribution in [3.05, 3.63) is 69.4 Å². The summed E-state index contributed by atoms with van der Waals surface area (Å²) in [5.41, 5.74) is 7.30. The maximum atomic E-state index is 13.4. The number of rotatable bonds is 6. The van der Waals surface area contributed by atoms with Gasteiger partial charge in [-0.1, -0.05) is 17.7 Å². The largest absolute Gasteiger partial charge is 0.491 e. The van der Waals surface area contributed by atoms with Crippen molar-refractivity contribution in [2.24, 2.45) is 4.99 Å². The van der Waals surface area contributed by atoms with Crippen LogP contribution in [0, 0.1) is 13.8 Å². The van der Waals surface area contributed by atoms with Crippen LogP contribution < -0.4 is 15.4 Å². The molecule has 0 saturated carbocycles. The molecule has 0 spiro atoms. The van der Waals surface area contributed by atoms with Crippen molar-refractivity contribution in [3.8, 4) is 5.75 Å². The van der Waals surface area contributed by atoms with E-state index in [1.165, 1.54) is 0 Å². The number of fused-ring (bicyclic) bond motifs is 2. The number of aliphatic imine (C=N–C) groups is 1. The molecule has 4 heterocycles. The number of aliphatic hydroxyl groups excluding tert-OH is 1. The first-order chi connectivity index (χ1) is 19.8. The van der Waals surface area contributed by atoms with Crippen molar-refractivity contribution in [2.45, 2.75) is 58.2 Å². The molecule has 4 aliphatic rings. The summed E-state index contributed by atoms with van der Waals surface area (Å²) < 4.78 is 5.83. The van der Waals surface area contributed by atoms with E-state index in [0.717, 1.165) is 70.9 Å². The van der Waals surface area contributed by atoms with Crippen LogP contribution in [-0.4, -0.2) is 84.4 Å². The highest BCUT2D eigenvalue weighted by molar-refractivity contribution is 6.23. The second kappa shape index (κ2) is 11.3. The molecule has 216 valence electrons. The van der Waals surface area contributed by atoms with Gasteiger partial charge in [-0.25, -0.2) is 0 Å². The summed E-state index contributed by atoms with van der Waals surface area (Å²) >= 11 is 0. The lowest BCUT2D eigenvalue weighted by molar-refractivity contribution is -0.115. The number of allylic oxidation sites excluding steroid dienone is 1. The van der Waals surface area contributed by atoms with E-state index in [1.807, 2.05) is 43.0 Å². The number of ether oxygens (including phenoxy) is 1. The van der Waals surface area contributed by atoms with E-state index in [4.69, 9.17) is 4.74 Å². The predicted molar refractivity (Wildman–Crippen MR) is 159 cm³/mol. The third-order valence-corrected chi connectivity index (χ3v) is 8.64. The molecular formula is C32H39N5O4. The Kier molecular flexibility index (Phi) is 7.57. The topological polar surface area (TPSA) is 106 Å². The van der Waals surface area contributed by atoms with Crippen LogP contribution in [0.2, 0.25) is 0 Å². The molecule has 4 aliphatic heterocycles. The number of likely N-dealkylation sites (tertiary alicyclic amines) is 1. The van der Waals surface area contributed by atoms with Gasteiger partial charge >= 0.3 is 0 Å². The number of carbonyl (C=O) groups excluding carboxylic acids is 2. The number of hydrogen-bond acceptors (Lipinski definition) is 8. The Labute approximate surface area is 241 Å². The standard InChI is InChI=1S/C32H39N5O4/c1-19-4-5-29(20(2)12-19)41-18-24(38)16-34-31-30(28(39)6-9-33-31)27-14-21-13-25-22(15-26(21)35-27)17-37(32(25)40)23-7-10-36(3)11-8-23/h4-5,12-13,15,23-24,35,38H,6-11,14,16-18H2,1-3H3,(H,33,34)/t24-/m1/s1. The number of amides is 1. The molecule has 6 rings (SSSR count). The number of nitrogens with one attached hydrogen (secondary N) is 2. The fourth-order valence-corrected chi connectivity index (χ4v) is 6.32. The van der Waals surface area contributed by atoms with Crippen molar-refractivity contribution in [3.63, 3.8) is 0 Å². The monoisotopic (exact) mass is 557 g/mol. The summed E-state index contributed by atoms with van der Waals surface area (Å²) in [6, 6.07) is 10.3. The van der Waals surface area contributed by atoms with E-state index < -0.39 is 6.10 Å². The third-order valence-electron chi connectivity index (χ3n) is 8.64. The second-order valence-electron chi connectivity index (χ2n) is 11.8. The highest BCUT2D eigenvalue weighted by atomic mass is 16.5. The van der Waals surface area contributed by atoms with Gasteiger partial charge in [0, 0.05) is 55.5 Å². The molecule has 41 heavy (non-hydrogen) atoms. The van der Waals surface area contributed by atoms with Crippen molar-refractivity contribution in [1.29, 1.82) is 0 Å². The van der Waals surface area contributed by atoms with E-state index >= 15 is 0 Å². The average molecular weight is 558 g/mol. The maximum Gasteiger partial charge on any atom is 0.254 e. The maximum absolute atomic E-state index is 13.4. The Balaban J connectivity index is 1.12. The lowest BCUT2D eigenvalue weighted by Gasteiger charge is -2.34. The Bertz CT molecular complexity index is 1440. The number of anilines is 1. The van der Waals surface area contributed by atoms with Crippen LogP contribution in [0.25, 0.3) is 0 Å². The molecule has 2 aromatic rings. The Hall–Kier alpha value is -3.69. The van der Waals surface area contributed by atoms with E-state index in [2.05, 4.69) is 33.6 Å². The van der Waals surface area contributed by atoms with E-state index in [0.29, 0.717) is 37.3 Å². The van der Waals surface area contributed by atoms with Crippen LogP contribution in [0.4, 0.5) is 5.69 Å². The highest BCUT2D eigenvalue weighted by Gasteiger charge is 2.36. The number of ketones is 1. The fourth-order valence-electron chi connectivity index (χ4n) is 6.32. The number of benzene rings is 2. The third kappa shape index (κ3) is 5.61. The summed E-state index contributed by atoms with van der Waals surface area (Å²) in [5, 5.41) is 17.3. The van der Waals surface area contributed by atoms with E-state index in [1.54, 1.807) is 0 Å². The minimum absolute atomic E-state index is 0.0240. The molecule has 1 saturated heterocycles. The van der Waals surface area contributed by atoms with E-state index in [9.17, 15) is 14.7 Å². The molecule has 0 aromatic heterocycles.